The van der Waals surface area contributed by atoms with Crippen molar-refractivity contribution in [2.45, 2.75) is 0 Å². The molecule has 1 saturated heterocycles. The monoisotopic (exact) mass is 400 g/mol. The molecule has 4 aromatic rings. The third-order valence-corrected chi connectivity index (χ3v) is 6.21. The van der Waals surface area contributed by atoms with Crippen LogP contribution in [0.4, 0.5) is 14.7 Å². The third kappa shape index (κ3) is 3.08. The number of benzene rings is 1. The van der Waals surface area contributed by atoms with Crippen LogP contribution in [0, 0.1) is 11.7 Å². The second-order valence-electron chi connectivity index (χ2n) is 6.21. The summed E-state index contributed by atoms with van der Waals surface area (Å²) in [5, 5.41) is 6.08. The number of carbonyl (C=O) groups excluding carboxylic acids is 1. The first-order chi connectivity index (χ1) is 13.2. The largest absolute Gasteiger partial charge is 0.463 e. The molecular weight excluding hydrogens is 387 g/mol. The fourth-order valence-electron chi connectivity index (χ4n) is 2.90. The first-order valence-electron chi connectivity index (χ1n) is 8.27. The van der Waals surface area contributed by atoms with Crippen LogP contribution in [0.15, 0.2) is 46.4 Å². The van der Waals surface area contributed by atoms with Crippen molar-refractivity contribution < 1.29 is 13.6 Å². The van der Waals surface area contributed by atoms with E-state index in [0.29, 0.717) is 29.7 Å². The van der Waals surface area contributed by atoms with E-state index in [4.69, 9.17) is 4.42 Å². The predicted molar refractivity (Wildman–Crippen MR) is 104 cm³/mol. The number of nitrogens with zero attached hydrogens (tertiary/aromatic N) is 3. The van der Waals surface area contributed by atoms with Crippen molar-refractivity contribution >= 4 is 49.1 Å². The minimum absolute atomic E-state index is 0.0567. The maximum atomic E-state index is 13.3. The Bertz CT molecular complexity index is 1120. The fraction of sp³-hybridized carbons (Fsp3) is 0.167. The quantitative estimate of drug-likeness (QED) is 0.555. The summed E-state index contributed by atoms with van der Waals surface area (Å²) >= 11 is 2.80. The Morgan fingerprint density at radius 3 is 3.00 bits per heavy atom. The summed E-state index contributed by atoms with van der Waals surface area (Å²) in [5.41, 5.74) is 1.48. The summed E-state index contributed by atoms with van der Waals surface area (Å²) in [4.78, 5) is 23.3. The van der Waals surface area contributed by atoms with Crippen LogP contribution in [-0.4, -0.2) is 29.0 Å². The number of rotatable bonds is 4. The number of hydrogen-bond acceptors (Lipinski definition) is 7. The SMILES string of the molecule is O=C(Nc1nc(-c2ccco2)cs1)C1CN(c2nc3ccc(F)cc3s2)C1. The van der Waals surface area contributed by atoms with Crippen molar-refractivity contribution in [2.75, 3.05) is 23.3 Å². The van der Waals surface area contributed by atoms with Crippen molar-refractivity contribution in [2.24, 2.45) is 5.92 Å². The molecule has 0 saturated carbocycles. The Labute approximate surface area is 161 Å². The Kier molecular flexibility index (Phi) is 3.91. The number of furan rings is 1. The summed E-state index contributed by atoms with van der Waals surface area (Å²) in [6, 6.07) is 8.19. The van der Waals surface area contributed by atoms with Crippen molar-refractivity contribution in [3.63, 3.8) is 0 Å². The van der Waals surface area contributed by atoms with E-state index in [2.05, 4.69) is 15.3 Å². The molecule has 0 unspecified atom stereocenters. The molecule has 0 bridgehead atoms. The Morgan fingerprint density at radius 2 is 2.19 bits per heavy atom. The topological polar surface area (TPSA) is 71.3 Å². The Hall–Kier alpha value is -2.78. The second-order valence-corrected chi connectivity index (χ2v) is 8.08. The lowest BCUT2D eigenvalue weighted by molar-refractivity contribution is -0.120. The molecule has 5 rings (SSSR count). The molecule has 1 fully saturated rings. The van der Waals surface area contributed by atoms with Gasteiger partial charge >= 0.3 is 0 Å². The van der Waals surface area contributed by atoms with Crippen LogP contribution >= 0.6 is 22.7 Å². The molecule has 1 aromatic carbocycles. The first-order valence-corrected chi connectivity index (χ1v) is 9.96. The van der Waals surface area contributed by atoms with Crippen molar-refractivity contribution in [1.82, 2.24) is 9.97 Å². The molecule has 1 aliphatic heterocycles. The maximum Gasteiger partial charge on any atom is 0.232 e. The van der Waals surface area contributed by atoms with Gasteiger partial charge in [0.2, 0.25) is 5.91 Å². The van der Waals surface area contributed by atoms with E-state index >= 15 is 0 Å². The molecule has 0 atom stereocenters. The van der Waals surface area contributed by atoms with Crippen molar-refractivity contribution in [3.8, 4) is 11.5 Å². The average Bonchev–Trinajstić information content (AvgIpc) is 3.32. The lowest BCUT2D eigenvalue weighted by Gasteiger charge is -2.37. The van der Waals surface area contributed by atoms with Crippen molar-refractivity contribution in [3.05, 3.63) is 47.8 Å². The summed E-state index contributed by atoms with van der Waals surface area (Å²) in [6.07, 6.45) is 1.59. The number of fused-ring (bicyclic) bond motifs is 1. The summed E-state index contributed by atoms with van der Waals surface area (Å²) in [7, 11) is 0. The predicted octanol–water partition coefficient (Wildman–Crippen LogP) is 4.23. The Morgan fingerprint density at radius 1 is 1.30 bits per heavy atom. The number of aromatic nitrogens is 2. The highest BCUT2D eigenvalue weighted by Crippen LogP contribution is 2.34. The molecule has 0 spiro atoms. The molecule has 1 aliphatic rings. The smallest absolute Gasteiger partial charge is 0.232 e. The lowest BCUT2D eigenvalue weighted by atomic mass is 10.0. The summed E-state index contributed by atoms with van der Waals surface area (Å²) in [5.74, 6) is 0.230. The number of thiazole rings is 2. The molecule has 0 radical (unpaired) electrons. The van der Waals surface area contributed by atoms with E-state index in [-0.39, 0.29) is 17.6 Å². The highest BCUT2D eigenvalue weighted by molar-refractivity contribution is 7.22. The number of nitrogens with one attached hydrogen (secondary N) is 1. The Balaban J connectivity index is 1.22. The number of carbonyl (C=O) groups is 1. The van der Waals surface area contributed by atoms with E-state index in [0.717, 1.165) is 15.3 Å². The van der Waals surface area contributed by atoms with Gasteiger partial charge in [0.15, 0.2) is 16.0 Å². The maximum absolute atomic E-state index is 13.3. The molecule has 9 heteroatoms. The highest BCUT2D eigenvalue weighted by Gasteiger charge is 2.34. The van der Waals surface area contributed by atoms with E-state index < -0.39 is 0 Å². The normalized spacial score (nSPS) is 14.5. The molecule has 4 heterocycles. The van der Waals surface area contributed by atoms with Gasteiger partial charge in [-0.25, -0.2) is 14.4 Å². The lowest BCUT2D eigenvalue weighted by Crippen LogP contribution is -2.52. The van der Waals surface area contributed by atoms with Gasteiger partial charge in [0, 0.05) is 18.5 Å². The minimum atomic E-state index is -0.268. The first kappa shape index (κ1) is 16.4. The van der Waals surface area contributed by atoms with Crippen LogP contribution in [0.25, 0.3) is 21.7 Å². The molecular formula is C18H13FN4O2S2. The standard InChI is InChI=1S/C18H13FN4O2S2/c19-11-3-4-12-15(6-11)27-18(21-12)23-7-10(8-23)16(24)22-17-20-13(9-26-17)14-2-1-5-25-14/h1-6,9-10H,7-8H2,(H,20,22,24). The number of anilines is 2. The van der Waals surface area contributed by atoms with Crippen LogP contribution in [-0.2, 0) is 4.79 Å². The van der Waals surface area contributed by atoms with Gasteiger partial charge in [-0.15, -0.1) is 11.3 Å². The van der Waals surface area contributed by atoms with Gasteiger partial charge in [0.1, 0.15) is 11.5 Å². The van der Waals surface area contributed by atoms with Crippen LogP contribution in [0.5, 0.6) is 0 Å². The molecule has 27 heavy (non-hydrogen) atoms. The van der Waals surface area contributed by atoms with Gasteiger partial charge in [0.25, 0.3) is 0 Å². The number of amides is 1. The van der Waals surface area contributed by atoms with Gasteiger partial charge in [-0.2, -0.15) is 0 Å². The van der Waals surface area contributed by atoms with Gasteiger partial charge in [-0.3, -0.25) is 4.79 Å². The molecule has 136 valence electrons. The molecule has 1 N–H and O–H groups in total. The van der Waals surface area contributed by atoms with Gasteiger partial charge in [-0.1, -0.05) is 11.3 Å². The third-order valence-electron chi connectivity index (χ3n) is 4.37. The molecule has 3 aromatic heterocycles. The van der Waals surface area contributed by atoms with Crippen LogP contribution in [0.2, 0.25) is 0 Å². The van der Waals surface area contributed by atoms with Crippen LogP contribution in [0.3, 0.4) is 0 Å². The summed E-state index contributed by atoms with van der Waals surface area (Å²) < 4.78 is 19.4. The zero-order chi connectivity index (χ0) is 18.4. The van der Waals surface area contributed by atoms with E-state index in [1.54, 1.807) is 18.4 Å². The highest BCUT2D eigenvalue weighted by atomic mass is 32.1. The average molecular weight is 400 g/mol. The van der Waals surface area contributed by atoms with Gasteiger partial charge < -0.3 is 14.6 Å². The van der Waals surface area contributed by atoms with Crippen LogP contribution < -0.4 is 10.2 Å². The molecule has 6 nitrogen and oxygen atoms in total. The van der Waals surface area contributed by atoms with Gasteiger partial charge in [0.05, 0.1) is 22.4 Å². The number of halogens is 1. The zero-order valence-electron chi connectivity index (χ0n) is 13.9. The molecule has 0 aliphatic carbocycles. The fourth-order valence-corrected chi connectivity index (χ4v) is 4.61. The van der Waals surface area contributed by atoms with E-state index in [1.807, 2.05) is 16.3 Å². The zero-order valence-corrected chi connectivity index (χ0v) is 15.5. The molecule has 1 amide bonds. The minimum Gasteiger partial charge on any atom is -0.463 e. The van der Waals surface area contributed by atoms with Crippen LogP contribution in [0.1, 0.15) is 0 Å². The number of hydrogen-bond donors (Lipinski definition) is 1. The van der Waals surface area contributed by atoms with Gasteiger partial charge in [-0.05, 0) is 30.3 Å². The second kappa shape index (κ2) is 6.43. The van der Waals surface area contributed by atoms with Crippen molar-refractivity contribution in [1.29, 1.82) is 0 Å². The van der Waals surface area contributed by atoms with E-state index in [1.165, 1.54) is 34.8 Å². The summed E-state index contributed by atoms with van der Waals surface area (Å²) in [6.45, 7) is 1.18. The van der Waals surface area contributed by atoms with E-state index in [9.17, 15) is 9.18 Å².